The molecule has 1 aromatic carbocycles. The fourth-order valence-corrected chi connectivity index (χ4v) is 2.92. The average Bonchev–Trinajstić information content (AvgIpc) is 2.95. The standard InChI is InChI=1S/C17H23N3/c1-3-7-15(8-4-1)13-20-14-16(12-19-20)11-18-17-9-5-2-6-10-17/h1,3-4,7-8,12,14,17-18H,2,5-6,9-11,13H2. The Morgan fingerprint density at radius 1 is 1.05 bits per heavy atom. The van der Waals surface area contributed by atoms with E-state index in [4.69, 9.17) is 0 Å². The van der Waals surface area contributed by atoms with E-state index in [1.807, 2.05) is 16.9 Å². The summed E-state index contributed by atoms with van der Waals surface area (Å²) in [4.78, 5) is 0. The van der Waals surface area contributed by atoms with Crippen LogP contribution >= 0.6 is 0 Å². The summed E-state index contributed by atoms with van der Waals surface area (Å²) < 4.78 is 2.02. The summed E-state index contributed by atoms with van der Waals surface area (Å²) in [5.74, 6) is 0. The minimum atomic E-state index is 0.709. The first-order chi connectivity index (χ1) is 9.90. The van der Waals surface area contributed by atoms with Crippen LogP contribution in [0.1, 0.15) is 43.2 Å². The first kappa shape index (κ1) is 13.4. The molecule has 3 nitrogen and oxygen atoms in total. The van der Waals surface area contributed by atoms with Gasteiger partial charge in [-0.25, -0.2) is 0 Å². The van der Waals surface area contributed by atoms with Gasteiger partial charge in [-0.2, -0.15) is 5.10 Å². The van der Waals surface area contributed by atoms with Crippen molar-refractivity contribution in [3.8, 4) is 0 Å². The molecule has 0 aliphatic heterocycles. The first-order valence-electron chi connectivity index (χ1n) is 7.69. The fourth-order valence-electron chi connectivity index (χ4n) is 2.92. The predicted octanol–water partition coefficient (Wildman–Crippen LogP) is 3.35. The van der Waals surface area contributed by atoms with Crippen molar-refractivity contribution < 1.29 is 0 Å². The van der Waals surface area contributed by atoms with Crippen LogP contribution in [-0.4, -0.2) is 15.8 Å². The average molecular weight is 269 g/mol. The van der Waals surface area contributed by atoms with Crippen LogP contribution in [0, 0.1) is 0 Å². The molecular weight excluding hydrogens is 246 g/mol. The van der Waals surface area contributed by atoms with Crippen molar-refractivity contribution in [1.29, 1.82) is 0 Å². The van der Waals surface area contributed by atoms with Crippen molar-refractivity contribution in [2.24, 2.45) is 0 Å². The molecule has 3 heteroatoms. The summed E-state index contributed by atoms with van der Waals surface area (Å²) in [5.41, 5.74) is 2.58. The highest BCUT2D eigenvalue weighted by atomic mass is 15.3. The van der Waals surface area contributed by atoms with E-state index in [-0.39, 0.29) is 0 Å². The fraction of sp³-hybridized carbons (Fsp3) is 0.471. The van der Waals surface area contributed by atoms with E-state index in [1.165, 1.54) is 43.2 Å². The van der Waals surface area contributed by atoms with Crippen LogP contribution < -0.4 is 5.32 Å². The second kappa shape index (κ2) is 6.71. The lowest BCUT2D eigenvalue weighted by molar-refractivity contribution is 0.372. The van der Waals surface area contributed by atoms with Gasteiger partial charge in [0.1, 0.15) is 0 Å². The van der Waals surface area contributed by atoms with Gasteiger partial charge in [-0.3, -0.25) is 4.68 Å². The summed E-state index contributed by atoms with van der Waals surface area (Å²) in [5, 5.41) is 8.11. The molecule has 0 saturated heterocycles. The summed E-state index contributed by atoms with van der Waals surface area (Å²) >= 11 is 0. The number of rotatable bonds is 5. The molecule has 1 N–H and O–H groups in total. The normalized spacial score (nSPS) is 16.4. The molecule has 0 spiro atoms. The predicted molar refractivity (Wildman–Crippen MR) is 81.5 cm³/mol. The molecule has 0 atom stereocenters. The van der Waals surface area contributed by atoms with Crippen LogP contribution in [0.15, 0.2) is 42.7 Å². The molecule has 20 heavy (non-hydrogen) atoms. The van der Waals surface area contributed by atoms with E-state index in [2.05, 4.69) is 40.9 Å². The Morgan fingerprint density at radius 3 is 2.65 bits per heavy atom. The highest BCUT2D eigenvalue weighted by Crippen LogP contribution is 2.17. The largest absolute Gasteiger partial charge is 0.310 e. The third kappa shape index (κ3) is 3.70. The van der Waals surface area contributed by atoms with Crippen molar-refractivity contribution in [1.82, 2.24) is 15.1 Å². The molecule has 1 saturated carbocycles. The van der Waals surface area contributed by atoms with E-state index in [1.54, 1.807) is 0 Å². The zero-order valence-electron chi connectivity index (χ0n) is 12.0. The highest BCUT2D eigenvalue weighted by molar-refractivity contribution is 5.15. The van der Waals surface area contributed by atoms with Crippen molar-refractivity contribution in [2.45, 2.75) is 51.2 Å². The van der Waals surface area contributed by atoms with Gasteiger partial charge in [-0.05, 0) is 18.4 Å². The molecule has 3 rings (SSSR count). The molecule has 1 aromatic heterocycles. The van der Waals surface area contributed by atoms with Gasteiger partial charge in [0.15, 0.2) is 0 Å². The topological polar surface area (TPSA) is 29.9 Å². The lowest BCUT2D eigenvalue weighted by Crippen LogP contribution is -2.30. The monoisotopic (exact) mass is 269 g/mol. The maximum Gasteiger partial charge on any atom is 0.0659 e. The SMILES string of the molecule is c1ccc(Cn2cc(CNC3CCCCC3)cn2)cc1. The quantitative estimate of drug-likeness (QED) is 0.902. The van der Waals surface area contributed by atoms with E-state index in [0.717, 1.165) is 13.1 Å². The Hall–Kier alpha value is -1.61. The van der Waals surface area contributed by atoms with Crippen molar-refractivity contribution >= 4 is 0 Å². The number of benzene rings is 1. The molecule has 1 aliphatic rings. The molecule has 1 fully saturated rings. The second-order valence-electron chi connectivity index (χ2n) is 5.75. The van der Waals surface area contributed by atoms with Crippen molar-refractivity contribution in [3.05, 3.63) is 53.9 Å². The molecule has 1 heterocycles. The molecule has 0 radical (unpaired) electrons. The number of hydrogen-bond acceptors (Lipinski definition) is 2. The zero-order chi connectivity index (χ0) is 13.6. The van der Waals surface area contributed by atoms with Crippen LogP contribution in [0.25, 0.3) is 0 Å². The number of nitrogens with one attached hydrogen (secondary N) is 1. The molecule has 2 aromatic rings. The molecular formula is C17H23N3. The summed E-state index contributed by atoms with van der Waals surface area (Å²) in [6.45, 7) is 1.80. The van der Waals surface area contributed by atoms with Crippen molar-refractivity contribution in [2.75, 3.05) is 0 Å². The Kier molecular flexibility index (Phi) is 4.49. The van der Waals surface area contributed by atoms with Crippen LogP contribution in [0.5, 0.6) is 0 Å². The maximum absolute atomic E-state index is 4.45. The lowest BCUT2D eigenvalue weighted by Gasteiger charge is -2.22. The van der Waals surface area contributed by atoms with Gasteiger partial charge in [0.05, 0.1) is 12.7 Å². The van der Waals surface area contributed by atoms with Crippen molar-refractivity contribution in [3.63, 3.8) is 0 Å². The number of hydrogen-bond donors (Lipinski definition) is 1. The van der Waals surface area contributed by atoms with Gasteiger partial charge in [-0.15, -0.1) is 0 Å². The van der Waals surface area contributed by atoms with Gasteiger partial charge < -0.3 is 5.32 Å². The number of aromatic nitrogens is 2. The van der Waals surface area contributed by atoms with Gasteiger partial charge >= 0.3 is 0 Å². The van der Waals surface area contributed by atoms with Gasteiger partial charge in [0.25, 0.3) is 0 Å². The third-order valence-corrected chi connectivity index (χ3v) is 4.07. The third-order valence-electron chi connectivity index (χ3n) is 4.07. The summed E-state index contributed by atoms with van der Waals surface area (Å²) in [6.07, 6.45) is 11.0. The second-order valence-corrected chi connectivity index (χ2v) is 5.75. The molecule has 0 bridgehead atoms. The van der Waals surface area contributed by atoms with Gasteiger partial charge in [0.2, 0.25) is 0 Å². The van der Waals surface area contributed by atoms with Crippen LogP contribution in [0.2, 0.25) is 0 Å². The number of nitrogens with zero attached hydrogens (tertiary/aromatic N) is 2. The first-order valence-corrected chi connectivity index (χ1v) is 7.69. The molecule has 0 unspecified atom stereocenters. The van der Waals surface area contributed by atoms with E-state index < -0.39 is 0 Å². The lowest BCUT2D eigenvalue weighted by atomic mass is 9.95. The van der Waals surface area contributed by atoms with E-state index in [9.17, 15) is 0 Å². The Labute approximate surface area is 121 Å². The smallest absolute Gasteiger partial charge is 0.0659 e. The minimum absolute atomic E-state index is 0.709. The van der Waals surface area contributed by atoms with Crippen LogP contribution in [-0.2, 0) is 13.1 Å². The Morgan fingerprint density at radius 2 is 1.85 bits per heavy atom. The maximum atomic E-state index is 4.45. The Bertz CT molecular complexity index is 512. The van der Waals surface area contributed by atoms with E-state index >= 15 is 0 Å². The van der Waals surface area contributed by atoms with Crippen LogP contribution in [0.4, 0.5) is 0 Å². The van der Waals surface area contributed by atoms with Crippen LogP contribution in [0.3, 0.4) is 0 Å². The highest BCUT2D eigenvalue weighted by Gasteiger charge is 2.12. The van der Waals surface area contributed by atoms with Gasteiger partial charge in [0, 0.05) is 24.3 Å². The minimum Gasteiger partial charge on any atom is -0.310 e. The summed E-state index contributed by atoms with van der Waals surface area (Å²) in [6, 6.07) is 11.2. The zero-order valence-corrected chi connectivity index (χ0v) is 12.0. The Balaban J connectivity index is 1.51. The molecule has 0 amide bonds. The van der Waals surface area contributed by atoms with E-state index in [0.29, 0.717) is 6.04 Å². The summed E-state index contributed by atoms with van der Waals surface area (Å²) in [7, 11) is 0. The molecule has 1 aliphatic carbocycles. The van der Waals surface area contributed by atoms with Gasteiger partial charge in [-0.1, -0.05) is 49.6 Å². The molecule has 106 valence electrons.